The maximum absolute atomic E-state index is 10.9. The molecule has 0 heterocycles. The summed E-state index contributed by atoms with van der Waals surface area (Å²) in [7, 11) is 1.56. The van der Waals surface area contributed by atoms with E-state index in [1.807, 2.05) is 12.1 Å². The van der Waals surface area contributed by atoms with Crippen LogP contribution >= 0.6 is 0 Å². The van der Waals surface area contributed by atoms with Crippen LogP contribution in [0.3, 0.4) is 0 Å². The smallest absolute Gasteiger partial charge is 0.274 e. The highest BCUT2D eigenvalue weighted by Crippen LogP contribution is 2.23. The van der Waals surface area contributed by atoms with E-state index in [0.717, 1.165) is 0 Å². The minimum Gasteiger partial charge on any atom is -0.495 e. The van der Waals surface area contributed by atoms with E-state index in [4.69, 9.17) is 10.5 Å². The van der Waals surface area contributed by atoms with Crippen molar-refractivity contribution < 1.29 is 9.66 Å². The van der Waals surface area contributed by atoms with Crippen molar-refractivity contribution in [1.82, 2.24) is 0 Å². The second-order valence-electron chi connectivity index (χ2n) is 4.41. The number of methoxy groups -OCH3 is 1. The van der Waals surface area contributed by atoms with E-state index >= 15 is 0 Å². The molecule has 0 aliphatic rings. The number of anilines is 1. The number of rotatable bonds is 5. The Kier molecular flexibility index (Phi) is 4.92. The molecule has 7 heteroatoms. The molecule has 2 aromatic carbocycles. The zero-order valence-corrected chi connectivity index (χ0v) is 12.0. The molecule has 2 rings (SSSR count). The van der Waals surface area contributed by atoms with Gasteiger partial charge in [0.25, 0.3) is 5.69 Å². The van der Waals surface area contributed by atoms with Gasteiger partial charge in [-0.25, -0.2) is 4.99 Å². The minimum atomic E-state index is -0.436. The van der Waals surface area contributed by atoms with Crippen LogP contribution < -0.4 is 15.8 Å². The first-order valence-electron chi connectivity index (χ1n) is 6.54. The van der Waals surface area contributed by atoms with Crippen molar-refractivity contribution in [2.24, 2.45) is 10.7 Å². The Bertz CT molecular complexity index is 701. The topological polar surface area (TPSA) is 103 Å². The molecule has 0 aromatic heterocycles. The zero-order chi connectivity index (χ0) is 15.9. The van der Waals surface area contributed by atoms with Gasteiger partial charge in [0.05, 0.1) is 29.8 Å². The van der Waals surface area contributed by atoms with Gasteiger partial charge in [0.1, 0.15) is 5.75 Å². The summed E-state index contributed by atoms with van der Waals surface area (Å²) >= 11 is 0. The molecule has 0 amide bonds. The summed E-state index contributed by atoms with van der Waals surface area (Å²) < 4.78 is 5.20. The van der Waals surface area contributed by atoms with Gasteiger partial charge in [-0.05, 0) is 12.1 Å². The van der Waals surface area contributed by atoms with Gasteiger partial charge in [0.15, 0.2) is 5.96 Å². The molecule has 7 nitrogen and oxygen atoms in total. The monoisotopic (exact) mass is 300 g/mol. The van der Waals surface area contributed by atoms with Crippen LogP contribution in [0, 0.1) is 10.1 Å². The van der Waals surface area contributed by atoms with Gasteiger partial charge in [-0.1, -0.05) is 30.3 Å². The highest BCUT2D eigenvalue weighted by Gasteiger charge is 2.11. The number of para-hydroxylation sites is 3. The number of ether oxygens (including phenoxy) is 1. The summed E-state index contributed by atoms with van der Waals surface area (Å²) in [6.07, 6.45) is 0. The summed E-state index contributed by atoms with van der Waals surface area (Å²) in [4.78, 5) is 14.6. The Morgan fingerprint density at radius 2 is 1.95 bits per heavy atom. The number of hydrogen-bond acceptors (Lipinski definition) is 4. The second kappa shape index (κ2) is 7.07. The summed E-state index contributed by atoms with van der Waals surface area (Å²) in [5, 5.41) is 13.8. The van der Waals surface area contributed by atoms with Crippen molar-refractivity contribution in [1.29, 1.82) is 0 Å². The number of aliphatic imine (C=N–C) groups is 1. The molecule has 0 fully saturated rings. The number of benzene rings is 2. The summed E-state index contributed by atoms with van der Waals surface area (Å²) in [6, 6.07) is 13.7. The van der Waals surface area contributed by atoms with Crippen molar-refractivity contribution in [2.75, 3.05) is 12.4 Å². The molecule has 3 N–H and O–H groups in total. The third-order valence-corrected chi connectivity index (χ3v) is 2.98. The minimum absolute atomic E-state index is 0.0244. The quantitative estimate of drug-likeness (QED) is 0.382. The largest absolute Gasteiger partial charge is 0.495 e. The maximum atomic E-state index is 10.9. The molecule has 114 valence electrons. The van der Waals surface area contributed by atoms with Crippen LogP contribution in [0.5, 0.6) is 5.75 Å². The van der Waals surface area contributed by atoms with Crippen LogP contribution in [0.4, 0.5) is 11.4 Å². The lowest BCUT2D eigenvalue weighted by atomic mass is 10.2. The number of guanidine groups is 1. The summed E-state index contributed by atoms with van der Waals surface area (Å²) in [5.74, 6) is 0.786. The highest BCUT2D eigenvalue weighted by molar-refractivity contribution is 5.93. The highest BCUT2D eigenvalue weighted by atomic mass is 16.6. The van der Waals surface area contributed by atoms with Gasteiger partial charge in [0.2, 0.25) is 0 Å². The van der Waals surface area contributed by atoms with Crippen molar-refractivity contribution in [3.05, 3.63) is 64.2 Å². The SMILES string of the molecule is COc1ccccc1NC(N)=NCc1ccccc1[N+](=O)[O-]. The molecule has 0 spiro atoms. The van der Waals surface area contributed by atoms with Gasteiger partial charge in [-0.3, -0.25) is 10.1 Å². The molecule has 0 unspecified atom stereocenters. The van der Waals surface area contributed by atoms with Crippen LogP contribution in [-0.4, -0.2) is 18.0 Å². The third-order valence-electron chi connectivity index (χ3n) is 2.98. The first-order chi connectivity index (χ1) is 10.6. The lowest BCUT2D eigenvalue weighted by Gasteiger charge is -2.10. The first-order valence-corrected chi connectivity index (χ1v) is 6.54. The fraction of sp³-hybridized carbons (Fsp3) is 0.133. The molecular formula is C15H16N4O3. The normalized spacial score (nSPS) is 11.0. The zero-order valence-electron chi connectivity index (χ0n) is 12.0. The van der Waals surface area contributed by atoms with Crippen LogP contribution in [0.2, 0.25) is 0 Å². The van der Waals surface area contributed by atoms with Gasteiger partial charge >= 0.3 is 0 Å². The summed E-state index contributed by atoms with van der Waals surface area (Å²) in [5.41, 5.74) is 7.01. The molecule has 0 atom stereocenters. The predicted molar refractivity (Wildman–Crippen MR) is 85.0 cm³/mol. The molecule has 22 heavy (non-hydrogen) atoms. The number of nitrogens with one attached hydrogen (secondary N) is 1. The van der Waals surface area contributed by atoms with E-state index in [0.29, 0.717) is 17.0 Å². The molecule has 0 aliphatic carbocycles. The average Bonchev–Trinajstić information content (AvgIpc) is 2.53. The number of nitro benzene ring substituents is 1. The van der Waals surface area contributed by atoms with Crippen LogP contribution in [0.25, 0.3) is 0 Å². The van der Waals surface area contributed by atoms with E-state index < -0.39 is 4.92 Å². The van der Waals surface area contributed by atoms with E-state index in [1.54, 1.807) is 37.4 Å². The average molecular weight is 300 g/mol. The van der Waals surface area contributed by atoms with Gasteiger partial charge in [0, 0.05) is 6.07 Å². The molecule has 0 saturated heterocycles. The fourth-order valence-corrected chi connectivity index (χ4v) is 1.92. The van der Waals surface area contributed by atoms with E-state index in [2.05, 4.69) is 10.3 Å². The van der Waals surface area contributed by atoms with Crippen molar-refractivity contribution in [2.45, 2.75) is 6.54 Å². The van der Waals surface area contributed by atoms with E-state index in [1.165, 1.54) is 6.07 Å². The lowest BCUT2D eigenvalue weighted by molar-refractivity contribution is -0.385. The molecule has 0 bridgehead atoms. The van der Waals surface area contributed by atoms with E-state index in [-0.39, 0.29) is 18.2 Å². The van der Waals surface area contributed by atoms with Crippen LogP contribution in [-0.2, 0) is 6.54 Å². The van der Waals surface area contributed by atoms with Gasteiger partial charge in [-0.15, -0.1) is 0 Å². The lowest BCUT2D eigenvalue weighted by Crippen LogP contribution is -2.23. The molecule has 0 aliphatic heterocycles. The summed E-state index contributed by atoms with van der Waals surface area (Å²) in [6.45, 7) is 0.116. The van der Waals surface area contributed by atoms with Crippen LogP contribution in [0.1, 0.15) is 5.56 Å². The number of hydrogen-bond donors (Lipinski definition) is 2. The maximum Gasteiger partial charge on any atom is 0.274 e. The molecular weight excluding hydrogens is 284 g/mol. The fourth-order valence-electron chi connectivity index (χ4n) is 1.92. The Labute approximate surface area is 127 Å². The Morgan fingerprint density at radius 1 is 1.27 bits per heavy atom. The van der Waals surface area contributed by atoms with Gasteiger partial charge < -0.3 is 15.8 Å². The second-order valence-corrected chi connectivity index (χ2v) is 4.41. The predicted octanol–water partition coefficient (Wildman–Crippen LogP) is 2.53. The Morgan fingerprint density at radius 3 is 2.68 bits per heavy atom. The molecule has 0 radical (unpaired) electrons. The number of nitro groups is 1. The van der Waals surface area contributed by atoms with Gasteiger partial charge in [-0.2, -0.15) is 0 Å². The standard InChI is InChI=1S/C15H16N4O3/c1-22-14-9-5-3-7-12(14)18-15(16)17-10-11-6-2-4-8-13(11)19(20)21/h2-9H,10H2,1H3,(H3,16,17,18). The molecule has 0 saturated carbocycles. The van der Waals surface area contributed by atoms with Crippen molar-refractivity contribution in [3.63, 3.8) is 0 Å². The number of nitrogens with two attached hydrogens (primary N) is 1. The van der Waals surface area contributed by atoms with E-state index in [9.17, 15) is 10.1 Å². The van der Waals surface area contributed by atoms with Crippen molar-refractivity contribution >= 4 is 17.3 Å². The van der Waals surface area contributed by atoms with Crippen molar-refractivity contribution in [3.8, 4) is 5.75 Å². The van der Waals surface area contributed by atoms with Crippen LogP contribution in [0.15, 0.2) is 53.5 Å². The first kappa shape index (κ1) is 15.3. The Balaban J connectivity index is 2.12. The Hall–Kier alpha value is -3.09. The third kappa shape index (κ3) is 3.72. The number of nitrogens with zero attached hydrogens (tertiary/aromatic N) is 2. The molecule has 2 aromatic rings.